The summed E-state index contributed by atoms with van der Waals surface area (Å²) in [7, 11) is 0. The van der Waals surface area contributed by atoms with Gasteiger partial charge in [0.15, 0.2) is 0 Å². The molecular formula is C8H11N3. The molecule has 0 amide bonds. The van der Waals surface area contributed by atoms with Crippen LogP contribution in [0.2, 0.25) is 0 Å². The van der Waals surface area contributed by atoms with Gasteiger partial charge in [-0.1, -0.05) is 6.08 Å². The number of allylic oxidation sites excluding steroid dienone is 2. The molecule has 0 atom stereocenters. The summed E-state index contributed by atoms with van der Waals surface area (Å²) in [5, 5.41) is 22.1. The molecule has 0 saturated carbocycles. The van der Waals surface area contributed by atoms with Crippen LogP contribution in [0.4, 0.5) is 0 Å². The number of hydrogen-bond donors (Lipinski definition) is 3. The van der Waals surface area contributed by atoms with Crippen molar-refractivity contribution in [2.24, 2.45) is 0 Å². The van der Waals surface area contributed by atoms with Crippen LogP contribution in [0.25, 0.3) is 0 Å². The van der Waals surface area contributed by atoms with Crippen LogP contribution >= 0.6 is 0 Å². The Kier molecular flexibility index (Phi) is 2.31. The fraction of sp³-hybridized carbons (Fsp3) is 0.375. The van der Waals surface area contributed by atoms with Gasteiger partial charge < -0.3 is 16.2 Å². The van der Waals surface area contributed by atoms with E-state index in [1.807, 2.05) is 6.08 Å². The summed E-state index contributed by atoms with van der Waals surface area (Å²) in [6.45, 7) is 0. The van der Waals surface area contributed by atoms with Gasteiger partial charge in [-0.15, -0.1) is 0 Å². The first-order valence-electron chi connectivity index (χ1n) is 3.55. The molecule has 0 aromatic heterocycles. The normalized spacial score (nSPS) is 22.7. The van der Waals surface area contributed by atoms with Gasteiger partial charge in [-0.3, -0.25) is 0 Å². The molecule has 0 bridgehead atoms. The van der Waals surface area contributed by atoms with Crippen LogP contribution in [0, 0.1) is 16.2 Å². The maximum Gasteiger partial charge on any atom is 0.0366 e. The van der Waals surface area contributed by atoms with Crippen LogP contribution in [-0.4, -0.2) is 17.1 Å². The van der Waals surface area contributed by atoms with Crippen molar-refractivity contribution in [2.75, 3.05) is 0 Å². The van der Waals surface area contributed by atoms with Gasteiger partial charge in [0.25, 0.3) is 0 Å². The number of rotatable bonds is 0. The summed E-state index contributed by atoms with van der Waals surface area (Å²) in [6, 6.07) is 0. The van der Waals surface area contributed by atoms with Gasteiger partial charge in [0.05, 0.1) is 0 Å². The zero-order valence-corrected chi connectivity index (χ0v) is 6.28. The highest BCUT2D eigenvalue weighted by atomic mass is 14.5. The van der Waals surface area contributed by atoms with E-state index in [0.717, 1.165) is 0 Å². The van der Waals surface area contributed by atoms with Crippen LogP contribution < -0.4 is 0 Å². The second-order valence-corrected chi connectivity index (χ2v) is 2.69. The highest BCUT2D eigenvalue weighted by Gasteiger charge is 2.06. The average molecular weight is 149 g/mol. The third-order valence-corrected chi connectivity index (χ3v) is 1.51. The summed E-state index contributed by atoms with van der Waals surface area (Å²) < 4.78 is 0. The largest absolute Gasteiger partial charge is 0.309 e. The molecule has 1 aliphatic carbocycles. The lowest BCUT2D eigenvalue weighted by molar-refractivity contribution is 1.22. The molecule has 3 nitrogen and oxygen atoms in total. The van der Waals surface area contributed by atoms with E-state index < -0.39 is 0 Å². The predicted octanol–water partition coefficient (Wildman–Crippen LogP) is 1.79. The van der Waals surface area contributed by atoms with E-state index in [2.05, 4.69) is 0 Å². The number of nitrogens with one attached hydrogen (secondary N) is 3. The molecule has 0 spiro atoms. The molecule has 58 valence electrons. The fourth-order valence-electron chi connectivity index (χ4n) is 1.02. The second kappa shape index (κ2) is 3.23. The van der Waals surface area contributed by atoms with E-state index in [4.69, 9.17) is 16.2 Å². The Bertz CT molecular complexity index is 238. The topological polar surface area (TPSA) is 71.6 Å². The van der Waals surface area contributed by atoms with Crippen molar-refractivity contribution < 1.29 is 0 Å². The van der Waals surface area contributed by atoms with E-state index in [1.165, 1.54) is 0 Å². The Hall–Kier alpha value is -1.25. The third-order valence-electron chi connectivity index (χ3n) is 1.51. The molecule has 0 radical (unpaired) electrons. The lowest BCUT2D eigenvalue weighted by atomic mass is 10.0. The molecule has 0 unspecified atom stereocenters. The van der Waals surface area contributed by atoms with Gasteiger partial charge in [0.2, 0.25) is 0 Å². The van der Waals surface area contributed by atoms with Gasteiger partial charge in [0, 0.05) is 36.4 Å². The molecule has 3 N–H and O–H groups in total. The first-order chi connectivity index (χ1) is 5.18. The first-order valence-corrected chi connectivity index (χ1v) is 3.55. The summed E-state index contributed by atoms with van der Waals surface area (Å²) in [6.07, 6.45) is 4.93. The zero-order valence-electron chi connectivity index (χ0n) is 6.28. The molecule has 1 rings (SSSR count). The SMILES string of the molecule is N=C1/C=C\CC(=N)CC(=N)C1. The van der Waals surface area contributed by atoms with Crippen molar-refractivity contribution in [2.45, 2.75) is 19.3 Å². The molecule has 0 fully saturated rings. The Morgan fingerprint density at radius 3 is 2.45 bits per heavy atom. The Labute approximate surface area is 65.7 Å². The lowest BCUT2D eigenvalue weighted by Gasteiger charge is -2.06. The Morgan fingerprint density at radius 1 is 1.00 bits per heavy atom. The van der Waals surface area contributed by atoms with Gasteiger partial charge in [-0.25, -0.2) is 0 Å². The molecule has 0 saturated heterocycles. The van der Waals surface area contributed by atoms with E-state index in [9.17, 15) is 0 Å². The maximum atomic E-state index is 7.37. The molecule has 0 aromatic rings. The van der Waals surface area contributed by atoms with Crippen molar-refractivity contribution in [3.63, 3.8) is 0 Å². The quantitative estimate of drug-likeness (QED) is 0.470. The minimum atomic E-state index is 0.402. The molecule has 11 heavy (non-hydrogen) atoms. The van der Waals surface area contributed by atoms with E-state index in [-0.39, 0.29) is 0 Å². The molecule has 1 aliphatic rings. The van der Waals surface area contributed by atoms with E-state index >= 15 is 0 Å². The van der Waals surface area contributed by atoms with Crippen LogP contribution in [0.3, 0.4) is 0 Å². The van der Waals surface area contributed by atoms with Gasteiger partial charge in [-0.2, -0.15) is 0 Å². The van der Waals surface area contributed by atoms with Crippen molar-refractivity contribution in [1.82, 2.24) is 0 Å². The van der Waals surface area contributed by atoms with Gasteiger partial charge in [-0.05, 0) is 6.08 Å². The van der Waals surface area contributed by atoms with Gasteiger partial charge >= 0.3 is 0 Å². The van der Waals surface area contributed by atoms with Crippen molar-refractivity contribution in [3.8, 4) is 0 Å². The number of hydrogen-bond acceptors (Lipinski definition) is 3. The third kappa shape index (κ3) is 2.45. The van der Waals surface area contributed by atoms with Crippen LogP contribution in [0.15, 0.2) is 12.2 Å². The Balaban J connectivity index is 2.71. The second-order valence-electron chi connectivity index (χ2n) is 2.69. The first kappa shape index (κ1) is 7.85. The molecule has 0 aliphatic heterocycles. The fourth-order valence-corrected chi connectivity index (χ4v) is 1.02. The lowest BCUT2D eigenvalue weighted by Crippen LogP contribution is -2.11. The van der Waals surface area contributed by atoms with Gasteiger partial charge in [0.1, 0.15) is 0 Å². The molecule has 0 aromatic carbocycles. The van der Waals surface area contributed by atoms with E-state index in [0.29, 0.717) is 36.4 Å². The minimum Gasteiger partial charge on any atom is -0.309 e. The molecule has 3 heteroatoms. The van der Waals surface area contributed by atoms with E-state index in [1.54, 1.807) is 6.08 Å². The van der Waals surface area contributed by atoms with Crippen LogP contribution in [0.1, 0.15) is 19.3 Å². The smallest absolute Gasteiger partial charge is 0.0366 e. The molecular weight excluding hydrogens is 138 g/mol. The van der Waals surface area contributed by atoms with Crippen LogP contribution in [0.5, 0.6) is 0 Å². The maximum absolute atomic E-state index is 7.37. The zero-order chi connectivity index (χ0) is 8.27. The summed E-state index contributed by atoms with van der Waals surface area (Å²) in [5.74, 6) is 0. The monoisotopic (exact) mass is 149 g/mol. The predicted molar refractivity (Wildman–Crippen MR) is 46.2 cm³/mol. The summed E-state index contributed by atoms with van der Waals surface area (Å²) in [5.41, 5.74) is 1.52. The van der Waals surface area contributed by atoms with Crippen molar-refractivity contribution in [3.05, 3.63) is 12.2 Å². The summed E-state index contributed by atoms with van der Waals surface area (Å²) >= 11 is 0. The minimum absolute atomic E-state index is 0.402. The van der Waals surface area contributed by atoms with Crippen molar-refractivity contribution >= 4 is 17.1 Å². The molecule has 0 heterocycles. The highest BCUT2D eigenvalue weighted by molar-refractivity contribution is 6.14. The standard InChI is InChI=1S/C8H11N3/c9-6-2-1-3-7(10)5-8(11)4-6/h1-2,9-11H,3-5H2/b2-1-,9-6?,10-7?,11-8?. The van der Waals surface area contributed by atoms with Crippen molar-refractivity contribution in [1.29, 1.82) is 16.2 Å². The summed E-state index contributed by atoms with van der Waals surface area (Å²) in [4.78, 5) is 0. The van der Waals surface area contributed by atoms with Crippen LogP contribution in [-0.2, 0) is 0 Å². The Morgan fingerprint density at radius 2 is 1.73 bits per heavy atom. The highest BCUT2D eigenvalue weighted by Crippen LogP contribution is 2.03. The average Bonchev–Trinajstić information content (AvgIpc) is 1.83.